The zero-order valence-corrected chi connectivity index (χ0v) is 33.8. The van der Waals surface area contributed by atoms with Crippen LogP contribution in [0.1, 0.15) is 0 Å². The lowest BCUT2D eigenvalue weighted by Crippen LogP contribution is -2.79. The first-order valence-corrected chi connectivity index (χ1v) is 32.1. The average Bonchev–Trinajstić information content (AvgIpc) is 2.73. The van der Waals surface area contributed by atoms with E-state index in [1.807, 2.05) is 13.1 Å². The maximum Gasteiger partial charge on any atom is 0.664 e. The Hall–Kier alpha value is 1.31. The van der Waals surface area contributed by atoms with Crippen LogP contribution in [0.15, 0.2) is 0 Å². The summed E-state index contributed by atoms with van der Waals surface area (Å²) in [6.07, 6.45) is 0. The SMILES string of the molecule is CO[Si](C)(OC)O[Si](OC)(OC)O[Si]1(C)O[Si]2(C)C[Si@]3(C)O[Si](C)(O[Si](C)(O)O[Si](C)(O3)O[Si@@](C)(OC)O2)O1. The fourth-order valence-electron chi connectivity index (χ4n) is 4.90. The van der Waals surface area contributed by atoms with Gasteiger partial charge in [0, 0.05) is 80.5 Å². The van der Waals surface area contributed by atoms with Crippen LogP contribution in [0.4, 0.5) is 0 Å². The molecule has 0 aromatic carbocycles. The molecule has 0 spiro atoms. The summed E-state index contributed by atoms with van der Waals surface area (Å²) in [5, 5.41) is 0. The molecule has 5 unspecified atom stereocenters. The van der Waals surface area contributed by atoms with Gasteiger partial charge in [0.15, 0.2) is 0 Å². The fourth-order valence-corrected chi connectivity index (χ4v) is 51.0. The van der Waals surface area contributed by atoms with Crippen LogP contribution in [0, 0.1) is 0 Å². The average molecular weight is 719 g/mol. The van der Waals surface area contributed by atoms with Gasteiger partial charge < -0.3 is 68.1 Å². The molecular weight excluding hydrogens is 677 g/mol. The second-order valence-electron chi connectivity index (χ2n) is 10.2. The van der Waals surface area contributed by atoms with Crippen molar-refractivity contribution in [2.45, 2.75) is 58.0 Å². The Balaban J connectivity index is 2.17. The third-order valence-corrected chi connectivity index (χ3v) is 44.1. The minimum atomic E-state index is -4.05. The van der Waals surface area contributed by atoms with E-state index in [0.29, 0.717) is 0 Å². The van der Waals surface area contributed by atoms with Gasteiger partial charge in [0.05, 0.1) is 0 Å². The van der Waals surface area contributed by atoms with Crippen LogP contribution in [0.3, 0.4) is 0 Å². The van der Waals surface area contributed by atoms with Crippen molar-refractivity contribution in [3.05, 3.63) is 0 Å². The van der Waals surface area contributed by atoms with Crippen molar-refractivity contribution in [2.75, 3.05) is 35.5 Å². The zero-order valence-electron chi connectivity index (χ0n) is 24.8. The van der Waals surface area contributed by atoms with Gasteiger partial charge in [0.25, 0.3) is 0 Å². The third-order valence-electron chi connectivity index (χ3n) is 5.97. The molecule has 1 N–H and O–H groups in total. The summed E-state index contributed by atoms with van der Waals surface area (Å²) in [4.78, 5) is 11.3. The Kier molecular flexibility index (Phi) is 10.1. The molecule has 230 valence electrons. The zero-order chi connectivity index (χ0) is 29.8. The molecule has 39 heavy (non-hydrogen) atoms. The van der Waals surface area contributed by atoms with Crippen molar-refractivity contribution < 1.29 is 68.1 Å². The largest absolute Gasteiger partial charge is 0.664 e. The number of rotatable bonds is 9. The highest BCUT2D eigenvalue weighted by atomic mass is 28.6. The summed E-state index contributed by atoms with van der Waals surface area (Å²) in [5.74, 6) is 0. The second kappa shape index (κ2) is 11.3. The van der Waals surface area contributed by atoms with E-state index < -0.39 is 79.0 Å². The molecule has 0 saturated carbocycles. The molecule has 3 aliphatic heterocycles. The lowest BCUT2D eigenvalue weighted by Gasteiger charge is -2.55. The van der Waals surface area contributed by atoms with E-state index in [9.17, 15) is 4.80 Å². The normalized spacial score (nSPS) is 45.7. The van der Waals surface area contributed by atoms with E-state index >= 15 is 0 Å². The van der Waals surface area contributed by atoms with Crippen molar-refractivity contribution in [1.82, 2.24) is 0 Å². The Morgan fingerprint density at radius 2 is 1.03 bits per heavy atom. The van der Waals surface area contributed by atoms with Crippen molar-refractivity contribution in [1.29, 1.82) is 0 Å². The molecule has 3 fully saturated rings. The minimum absolute atomic E-state index is 0.282. The fraction of sp³-hybridized carbons (Fsp3) is 1.00. The molecule has 0 aliphatic carbocycles. The maximum absolute atomic E-state index is 11.3. The number of fused-ring (bicyclic) bond motifs is 3. The van der Waals surface area contributed by atoms with E-state index in [0.717, 1.165) is 0 Å². The van der Waals surface area contributed by atoms with Gasteiger partial charge in [-0.15, -0.1) is 0 Å². The van der Waals surface area contributed by atoms with Gasteiger partial charge in [0.2, 0.25) is 0 Å². The van der Waals surface area contributed by atoms with Gasteiger partial charge in [-0.25, -0.2) is 0 Å². The molecule has 16 nitrogen and oxygen atoms in total. The van der Waals surface area contributed by atoms with E-state index in [-0.39, 0.29) is 5.67 Å². The highest BCUT2D eigenvalue weighted by Crippen LogP contribution is 2.44. The van der Waals surface area contributed by atoms with E-state index in [1.165, 1.54) is 42.1 Å². The van der Waals surface area contributed by atoms with Crippen LogP contribution >= 0.6 is 0 Å². The van der Waals surface area contributed by atoms with Crippen molar-refractivity contribution >= 4 is 79.0 Å². The summed E-state index contributed by atoms with van der Waals surface area (Å²) in [6.45, 7) is 13.4. The summed E-state index contributed by atoms with van der Waals surface area (Å²) >= 11 is 0. The molecule has 3 heterocycles. The molecular formula is C14H42O16Si9. The van der Waals surface area contributed by atoms with E-state index in [4.69, 9.17) is 63.3 Å². The molecule has 4 bridgehead atoms. The summed E-state index contributed by atoms with van der Waals surface area (Å²) in [5.41, 5.74) is 0.282. The van der Waals surface area contributed by atoms with Crippen molar-refractivity contribution in [3.63, 3.8) is 0 Å². The van der Waals surface area contributed by atoms with Crippen LogP contribution in [-0.4, -0.2) is 119 Å². The topological polar surface area (TPSA) is 159 Å². The molecule has 7 atom stereocenters. The highest BCUT2D eigenvalue weighted by Gasteiger charge is 2.72. The molecule has 3 saturated heterocycles. The smallest absolute Gasteiger partial charge is 0.395 e. The first-order chi connectivity index (χ1) is 17.6. The Labute approximate surface area is 240 Å². The molecule has 3 aliphatic rings. The number of hydrogen-bond donors (Lipinski definition) is 1. The van der Waals surface area contributed by atoms with E-state index in [1.54, 1.807) is 32.7 Å². The van der Waals surface area contributed by atoms with Crippen molar-refractivity contribution in [3.8, 4) is 0 Å². The quantitative estimate of drug-likeness (QED) is 0.336. The molecule has 0 radical (unpaired) electrons. The summed E-state index contributed by atoms with van der Waals surface area (Å²) in [7, 11) is -25.5. The molecule has 0 amide bonds. The van der Waals surface area contributed by atoms with Crippen LogP contribution in [0.5, 0.6) is 0 Å². The highest BCUT2D eigenvalue weighted by molar-refractivity contribution is 7.02. The van der Waals surface area contributed by atoms with Crippen LogP contribution in [0.2, 0.25) is 58.0 Å². The van der Waals surface area contributed by atoms with E-state index in [2.05, 4.69) is 0 Å². The van der Waals surface area contributed by atoms with Gasteiger partial charge in [-0.05, 0) is 13.1 Å². The Bertz CT molecular complexity index is 902. The summed E-state index contributed by atoms with van der Waals surface area (Å²) in [6, 6.07) is 0. The lowest BCUT2D eigenvalue weighted by molar-refractivity contribution is 0.0135. The lowest BCUT2D eigenvalue weighted by atomic mass is 11.8. The first kappa shape index (κ1) is 34.8. The monoisotopic (exact) mass is 718 g/mol. The Morgan fingerprint density at radius 1 is 0.590 bits per heavy atom. The van der Waals surface area contributed by atoms with Crippen LogP contribution < -0.4 is 0 Å². The van der Waals surface area contributed by atoms with Crippen LogP contribution in [0.25, 0.3) is 0 Å². The van der Waals surface area contributed by atoms with Gasteiger partial charge in [-0.1, -0.05) is 0 Å². The first-order valence-electron chi connectivity index (χ1n) is 12.1. The van der Waals surface area contributed by atoms with Crippen LogP contribution in [-0.2, 0) is 63.3 Å². The van der Waals surface area contributed by atoms with Gasteiger partial charge in [-0.2, -0.15) is 0 Å². The summed E-state index contributed by atoms with van der Waals surface area (Å²) < 4.78 is 92.7. The molecule has 25 heteroatoms. The standard InChI is InChI=1S/C14H42O16Si9/c1-16-34(9,17-2)29-39(19-4,20-5)30-38(13)24-31(6)14-32(7)22-36(11,27-35(10,18-3)21-31)25-33(8,15)26-37(12,23-32)28-38/h15H,14H2,1-13H3/t31?,32-,33?,35-,36?,37?,38?/m0/s1. The molecule has 3 rings (SSSR count). The van der Waals surface area contributed by atoms with Gasteiger partial charge in [-0.3, -0.25) is 0 Å². The minimum Gasteiger partial charge on any atom is -0.395 e. The number of hydrogen-bond acceptors (Lipinski definition) is 16. The predicted octanol–water partition coefficient (Wildman–Crippen LogP) is 0.949. The van der Waals surface area contributed by atoms with Gasteiger partial charge in [0.1, 0.15) is 0 Å². The third kappa shape index (κ3) is 8.08. The predicted molar refractivity (Wildman–Crippen MR) is 152 cm³/mol. The Morgan fingerprint density at radius 3 is 1.46 bits per heavy atom. The molecule has 0 aromatic rings. The maximum atomic E-state index is 11.3. The van der Waals surface area contributed by atoms with Gasteiger partial charge >= 0.3 is 79.0 Å². The molecule has 0 aromatic heterocycles. The second-order valence-corrected chi connectivity index (χ2v) is 37.8. The van der Waals surface area contributed by atoms with Crippen molar-refractivity contribution in [2.24, 2.45) is 0 Å².